The van der Waals surface area contributed by atoms with E-state index < -0.39 is 0 Å². The summed E-state index contributed by atoms with van der Waals surface area (Å²) in [5.74, 6) is 0.649. The lowest BCUT2D eigenvalue weighted by Gasteiger charge is -2.20. The van der Waals surface area contributed by atoms with E-state index in [1.165, 1.54) is 17.8 Å². The first kappa shape index (κ1) is 13.8. The maximum absolute atomic E-state index is 12.3. The summed E-state index contributed by atoms with van der Waals surface area (Å²) >= 11 is 1.29. The number of nitrogens with one attached hydrogen (secondary N) is 2. The molecule has 2 bridgehead atoms. The number of hydrogen-bond acceptors (Lipinski definition) is 6. The number of aromatic nitrogens is 1. The van der Waals surface area contributed by atoms with E-state index in [1.807, 2.05) is 0 Å². The van der Waals surface area contributed by atoms with Crippen LogP contribution in [0.25, 0.3) is 0 Å². The number of oxazole rings is 1. The molecule has 6 nitrogen and oxygen atoms in total. The fourth-order valence-corrected chi connectivity index (χ4v) is 3.94. The van der Waals surface area contributed by atoms with Gasteiger partial charge in [-0.3, -0.25) is 4.79 Å². The van der Waals surface area contributed by atoms with E-state index in [0.717, 1.165) is 12.8 Å². The highest BCUT2D eigenvalue weighted by Crippen LogP contribution is 2.31. The van der Waals surface area contributed by atoms with Crippen LogP contribution in [0.1, 0.15) is 34.7 Å². The van der Waals surface area contributed by atoms with Crippen molar-refractivity contribution in [3.8, 4) is 11.1 Å². The summed E-state index contributed by atoms with van der Waals surface area (Å²) in [4.78, 5) is 16.9. The van der Waals surface area contributed by atoms with E-state index in [0.29, 0.717) is 27.8 Å². The maximum Gasteiger partial charge on any atom is 0.400 e. The van der Waals surface area contributed by atoms with E-state index >= 15 is 0 Å². The minimum absolute atomic E-state index is 0.0391. The third-order valence-corrected chi connectivity index (χ3v) is 5.17. The molecule has 0 unspecified atom stereocenters. The highest BCUT2D eigenvalue weighted by Gasteiger charge is 2.39. The predicted octanol–water partition coefficient (Wildman–Crippen LogP) is 2.46. The number of aryl methyl sites for hydroxylation is 1. The molecule has 1 amide bonds. The van der Waals surface area contributed by atoms with Gasteiger partial charge in [0.05, 0.1) is 11.1 Å². The molecule has 2 aromatic rings. The summed E-state index contributed by atoms with van der Waals surface area (Å²) in [5, 5.41) is 7.24. The molecule has 2 saturated heterocycles. The predicted molar refractivity (Wildman–Crippen MR) is 81.4 cm³/mol. The molecule has 2 aromatic heterocycles. The molecule has 0 spiro atoms. The Morgan fingerprint density at radius 2 is 2.41 bits per heavy atom. The molecule has 4 heterocycles. The number of thiophene rings is 1. The third-order valence-electron chi connectivity index (χ3n) is 4.21. The minimum Gasteiger partial charge on any atom is -0.414 e. The Kier molecular flexibility index (Phi) is 3.38. The van der Waals surface area contributed by atoms with Crippen LogP contribution in [-0.2, 0) is 0 Å². The molecule has 0 aliphatic carbocycles. The molecule has 4 rings (SSSR count). The number of amides is 1. The van der Waals surface area contributed by atoms with Crippen LogP contribution in [-0.4, -0.2) is 29.0 Å². The van der Waals surface area contributed by atoms with Gasteiger partial charge in [-0.2, -0.15) is 4.98 Å². The molecule has 7 heteroatoms. The van der Waals surface area contributed by atoms with Gasteiger partial charge < -0.3 is 19.8 Å². The largest absolute Gasteiger partial charge is 0.414 e. The summed E-state index contributed by atoms with van der Waals surface area (Å²) in [6, 6.07) is 4.78. The number of fused-ring (bicyclic) bond motifs is 2. The average molecular weight is 319 g/mol. The summed E-state index contributed by atoms with van der Waals surface area (Å²) < 4.78 is 10.8. The molecule has 0 radical (unpaired) electrons. The molecule has 22 heavy (non-hydrogen) atoms. The molecule has 2 fully saturated rings. The molecule has 2 N–H and O–H groups in total. The van der Waals surface area contributed by atoms with Gasteiger partial charge in [-0.15, -0.1) is 0 Å². The SMILES string of the molecule is Cc1cnc(Oc2ccc(C(=O)N[C@@H]3C[C@H]4CC[C@@H]3N4)s2)o1. The Labute approximate surface area is 131 Å². The van der Waals surface area contributed by atoms with Crippen LogP contribution in [0.15, 0.2) is 22.7 Å². The molecule has 0 aromatic carbocycles. The normalized spacial score (nSPS) is 26.3. The third kappa shape index (κ3) is 2.62. The number of carbonyl (C=O) groups excluding carboxylic acids is 1. The van der Waals surface area contributed by atoms with Gasteiger partial charge in [0.25, 0.3) is 5.91 Å². The van der Waals surface area contributed by atoms with Gasteiger partial charge in [0.1, 0.15) is 5.76 Å². The second-order valence-electron chi connectivity index (χ2n) is 5.82. The Balaban J connectivity index is 1.39. The lowest BCUT2D eigenvalue weighted by atomic mass is 9.95. The number of carbonyl (C=O) groups is 1. The zero-order valence-corrected chi connectivity index (χ0v) is 13.0. The van der Waals surface area contributed by atoms with Crippen molar-refractivity contribution in [1.82, 2.24) is 15.6 Å². The fraction of sp³-hybridized carbons (Fsp3) is 0.467. The van der Waals surface area contributed by atoms with E-state index in [1.54, 1.807) is 25.3 Å². The first-order chi connectivity index (χ1) is 10.7. The van der Waals surface area contributed by atoms with Crippen LogP contribution in [0.5, 0.6) is 11.1 Å². The molecular formula is C15H17N3O3S. The summed E-state index contributed by atoms with van der Waals surface area (Å²) in [7, 11) is 0. The van der Waals surface area contributed by atoms with Crippen molar-refractivity contribution in [2.75, 3.05) is 0 Å². The lowest BCUT2D eigenvalue weighted by molar-refractivity contribution is 0.0935. The van der Waals surface area contributed by atoms with E-state index in [9.17, 15) is 4.79 Å². The molecule has 116 valence electrons. The van der Waals surface area contributed by atoms with Gasteiger partial charge in [-0.1, -0.05) is 11.3 Å². The second kappa shape index (κ2) is 5.40. The molecule has 3 atom stereocenters. The molecular weight excluding hydrogens is 302 g/mol. The van der Waals surface area contributed by atoms with Crippen LogP contribution in [0.4, 0.5) is 0 Å². The van der Waals surface area contributed by atoms with Crippen LogP contribution in [0.2, 0.25) is 0 Å². The summed E-state index contributed by atoms with van der Waals surface area (Å²) in [6.45, 7) is 1.80. The van der Waals surface area contributed by atoms with Crippen LogP contribution < -0.4 is 15.4 Å². The van der Waals surface area contributed by atoms with Crippen molar-refractivity contribution in [1.29, 1.82) is 0 Å². The van der Waals surface area contributed by atoms with Gasteiger partial charge in [0.15, 0.2) is 5.06 Å². The van der Waals surface area contributed by atoms with E-state index in [-0.39, 0.29) is 18.0 Å². The monoisotopic (exact) mass is 319 g/mol. The van der Waals surface area contributed by atoms with Gasteiger partial charge in [0.2, 0.25) is 0 Å². The smallest absolute Gasteiger partial charge is 0.400 e. The minimum atomic E-state index is -0.0391. The molecule has 2 aliphatic heterocycles. The van der Waals surface area contributed by atoms with Gasteiger partial charge in [-0.05, 0) is 38.3 Å². The Bertz CT molecular complexity index is 696. The highest BCUT2D eigenvalue weighted by atomic mass is 32.1. The topological polar surface area (TPSA) is 76.4 Å². The van der Waals surface area contributed by atoms with Crippen molar-refractivity contribution in [2.24, 2.45) is 0 Å². The number of nitrogens with zero attached hydrogens (tertiary/aromatic N) is 1. The molecule has 2 aliphatic rings. The maximum atomic E-state index is 12.3. The van der Waals surface area contributed by atoms with Crippen molar-refractivity contribution in [3.05, 3.63) is 29.0 Å². The Morgan fingerprint density at radius 1 is 1.50 bits per heavy atom. The van der Waals surface area contributed by atoms with Crippen molar-refractivity contribution < 1.29 is 13.9 Å². The van der Waals surface area contributed by atoms with E-state index in [4.69, 9.17) is 9.15 Å². The first-order valence-corrected chi connectivity index (χ1v) is 8.26. The second-order valence-corrected chi connectivity index (χ2v) is 6.87. The fourth-order valence-electron chi connectivity index (χ4n) is 3.19. The van der Waals surface area contributed by atoms with Crippen molar-refractivity contribution in [3.63, 3.8) is 0 Å². The number of ether oxygens (including phenoxy) is 1. The molecule has 0 saturated carbocycles. The van der Waals surface area contributed by atoms with Crippen LogP contribution >= 0.6 is 11.3 Å². The van der Waals surface area contributed by atoms with Gasteiger partial charge in [0, 0.05) is 18.1 Å². The zero-order valence-electron chi connectivity index (χ0n) is 12.2. The summed E-state index contributed by atoms with van der Waals surface area (Å²) in [5.41, 5.74) is 0. The van der Waals surface area contributed by atoms with Crippen LogP contribution in [0.3, 0.4) is 0 Å². The lowest BCUT2D eigenvalue weighted by Crippen LogP contribution is -2.42. The standard InChI is InChI=1S/C15H17N3O3S/c1-8-7-16-15(20-8)21-13-5-4-12(22-13)14(19)18-11-6-9-2-3-10(11)17-9/h4-5,7,9-11,17H,2-3,6H2,1H3,(H,18,19)/t9-,10+,11-/m1/s1. The quantitative estimate of drug-likeness (QED) is 0.905. The average Bonchev–Trinajstić information content (AvgIpc) is 3.24. The van der Waals surface area contributed by atoms with Gasteiger partial charge in [-0.25, -0.2) is 0 Å². The van der Waals surface area contributed by atoms with Crippen molar-refractivity contribution in [2.45, 2.75) is 44.3 Å². The highest BCUT2D eigenvalue weighted by molar-refractivity contribution is 7.15. The Hall–Kier alpha value is -1.86. The van der Waals surface area contributed by atoms with Gasteiger partial charge >= 0.3 is 6.08 Å². The van der Waals surface area contributed by atoms with Crippen molar-refractivity contribution >= 4 is 17.2 Å². The zero-order chi connectivity index (χ0) is 15.1. The number of rotatable bonds is 4. The number of hydrogen-bond donors (Lipinski definition) is 2. The van der Waals surface area contributed by atoms with E-state index in [2.05, 4.69) is 15.6 Å². The Morgan fingerprint density at radius 3 is 3.09 bits per heavy atom. The summed E-state index contributed by atoms with van der Waals surface area (Å²) in [6.07, 6.45) is 5.20. The first-order valence-electron chi connectivity index (χ1n) is 7.44. The van der Waals surface area contributed by atoms with Crippen LogP contribution in [0, 0.1) is 6.92 Å².